The molecule has 2 aromatic carbocycles. The molecule has 0 aliphatic heterocycles. The second kappa shape index (κ2) is 8.53. The van der Waals surface area contributed by atoms with Crippen LogP contribution in [0.4, 0.5) is 5.69 Å². The van der Waals surface area contributed by atoms with Gasteiger partial charge in [-0.05, 0) is 52.3 Å². The Morgan fingerprint density at radius 2 is 1.93 bits per heavy atom. The maximum absolute atomic E-state index is 12.1. The summed E-state index contributed by atoms with van der Waals surface area (Å²) in [5.74, 6) is -0.676. The predicted octanol–water partition coefficient (Wildman–Crippen LogP) is 4.45. The minimum atomic E-state index is -0.662. The lowest BCUT2D eigenvalue weighted by Crippen LogP contribution is -2.28. The summed E-state index contributed by atoms with van der Waals surface area (Å²) in [7, 11) is 1.53. The second-order valence-electron chi connectivity index (χ2n) is 5.64. The van der Waals surface area contributed by atoms with Crippen LogP contribution in [0.1, 0.15) is 10.4 Å². The van der Waals surface area contributed by atoms with Gasteiger partial charge in [0.05, 0.1) is 12.6 Å². The van der Waals surface area contributed by atoms with Crippen LogP contribution in [0, 0.1) is 0 Å². The number of hydrogen-bond donors (Lipinski definition) is 3. The lowest BCUT2D eigenvalue weighted by molar-refractivity contribution is -0.117. The fourth-order valence-corrected chi connectivity index (χ4v) is 3.76. The Balaban J connectivity index is 1.68. The van der Waals surface area contributed by atoms with E-state index in [1.54, 1.807) is 36.4 Å². The van der Waals surface area contributed by atoms with Crippen LogP contribution < -0.4 is 10.1 Å². The Hall–Kier alpha value is -2.72. The molecule has 28 heavy (non-hydrogen) atoms. The molecule has 144 valence electrons. The van der Waals surface area contributed by atoms with Gasteiger partial charge in [-0.25, -0.2) is 0 Å². The van der Waals surface area contributed by atoms with E-state index < -0.39 is 11.8 Å². The molecule has 2 amide bonds. The van der Waals surface area contributed by atoms with Crippen LogP contribution in [0.25, 0.3) is 10.9 Å². The molecule has 0 aliphatic rings. The van der Waals surface area contributed by atoms with E-state index in [0.717, 1.165) is 4.47 Å². The molecule has 3 N–H and O–H groups in total. The summed E-state index contributed by atoms with van der Waals surface area (Å²) >= 11 is 6.74. The van der Waals surface area contributed by atoms with Crippen LogP contribution in [0.15, 0.2) is 55.6 Å². The number of nitrogens with one attached hydrogen (secondary N) is 2. The van der Waals surface area contributed by atoms with Crippen molar-refractivity contribution in [2.24, 2.45) is 10.2 Å². The molecular formula is C18H14Br2N4O4. The third kappa shape index (κ3) is 4.39. The number of benzene rings is 2. The monoisotopic (exact) mass is 508 g/mol. The molecule has 0 unspecified atom stereocenters. The Kier molecular flexibility index (Phi) is 6.10. The molecule has 0 aliphatic carbocycles. The fourth-order valence-electron chi connectivity index (χ4n) is 2.44. The number of carbonyl (C=O) groups excluding carboxylic acids is 2. The van der Waals surface area contributed by atoms with E-state index in [9.17, 15) is 14.7 Å². The van der Waals surface area contributed by atoms with Crippen molar-refractivity contribution in [2.45, 2.75) is 0 Å². The van der Waals surface area contributed by atoms with Gasteiger partial charge in [-0.15, -0.1) is 10.2 Å². The Morgan fingerprint density at radius 3 is 2.61 bits per heavy atom. The number of rotatable bonds is 5. The number of nitrogens with zero attached hydrogens (tertiary/aromatic N) is 2. The maximum atomic E-state index is 12.1. The molecule has 10 heteroatoms. The highest BCUT2D eigenvalue weighted by atomic mass is 79.9. The molecular weight excluding hydrogens is 496 g/mol. The van der Waals surface area contributed by atoms with Crippen molar-refractivity contribution in [2.75, 3.05) is 13.7 Å². The summed E-state index contributed by atoms with van der Waals surface area (Å²) in [4.78, 5) is 26.8. The van der Waals surface area contributed by atoms with Gasteiger partial charge in [0.1, 0.15) is 12.3 Å². The number of carbonyl (C=O) groups is 2. The van der Waals surface area contributed by atoms with E-state index in [4.69, 9.17) is 4.74 Å². The Morgan fingerprint density at radius 1 is 1.21 bits per heavy atom. The molecule has 3 rings (SSSR count). The van der Waals surface area contributed by atoms with Gasteiger partial charge in [0.15, 0.2) is 5.69 Å². The van der Waals surface area contributed by atoms with E-state index in [-0.39, 0.29) is 18.1 Å². The molecule has 0 radical (unpaired) electrons. The highest BCUT2D eigenvalue weighted by Crippen LogP contribution is 2.40. The molecule has 3 aromatic rings. The number of amides is 2. The van der Waals surface area contributed by atoms with E-state index >= 15 is 0 Å². The molecule has 1 heterocycles. The smallest absolute Gasteiger partial charge is 0.283 e. The number of fused-ring (bicyclic) bond motifs is 1. The highest BCUT2D eigenvalue weighted by molar-refractivity contribution is 9.11. The number of aromatic nitrogens is 1. The number of ether oxygens (including phenoxy) is 1. The zero-order chi connectivity index (χ0) is 20.3. The van der Waals surface area contributed by atoms with Crippen molar-refractivity contribution < 1.29 is 19.4 Å². The van der Waals surface area contributed by atoms with Crippen LogP contribution in [0.5, 0.6) is 11.6 Å². The van der Waals surface area contributed by atoms with Crippen LogP contribution >= 0.6 is 31.9 Å². The zero-order valence-electron chi connectivity index (χ0n) is 14.5. The summed E-state index contributed by atoms with van der Waals surface area (Å²) in [6, 6.07) is 10.00. The Labute approximate surface area is 176 Å². The summed E-state index contributed by atoms with van der Waals surface area (Å²) in [6.07, 6.45) is 0. The van der Waals surface area contributed by atoms with Crippen molar-refractivity contribution >= 4 is 60.3 Å². The van der Waals surface area contributed by atoms with E-state index in [0.29, 0.717) is 26.7 Å². The van der Waals surface area contributed by atoms with Gasteiger partial charge in [0, 0.05) is 19.9 Å². The number of methoxy groups -OCH3 is 1. The lowest BCUT2D eigenvalue weighted by atomic mass is 10.2. The lowest BCUT2D eigenvalue weighted by Gasteiger charge is -2.03. The first kappa shape index (κ1) is 20.0. The van der Waals surface area contributed by atoms with Gasteiger partial charge >= 0.3 is 0 Å². The number of halogens is 2. The molecule has 0 fully saturated rings. The van der Waals surface area contributed by atoms with Crippen LogP contribution in [-0.4, -0.2) is 35.6 Å². The molecule has 0 saturated heterocycles. The molecule has 0 bridgehead atoms. The molecule has 0 saturated carbocycles. The van der Waals surface area contributed by atoms with Gasteiger partial charge in [0.25, 0.3) is 11.8 Å². The van der Waals surface area contributed by atoms with Gasteiger partial charge < -0.3 is 20.1 Å². The number of aromatic amines is 1. The number of hydrogen-bond acceptors (Lipinski definition) is 5. The summed E-state index contributed by atoms with van der Waals surface area (Å²) in [5, 5.41) is 20.5. The average Bonchev–Trinajstić information content (AvgIpc) is 3.00. The van der Waals surface area contributed by atoms with Crippen molar-refractivity contribution in [1.29, 1.82) is 0 Å². The minimum absolute atomic E-state index is 0.131. The highest BCUT2D eigenvalue weighted by Gasteiger charge is 2.14. The maximum Gasteiger partial charge on any atom is 0.283 e. The molecule has 0 spiro atoms. The van der Waals surface area contributed by atoms with Gasteiger partial charge in [-0.2, -0.15) is 0 Å². The van der Waals surface area contributed by atoms with Gasteiger partial charge in [0.2, 0.25) is 5.88 Å². The second-order valence-corrected chi connectivity index (χ2v) is 7.41. The largest absolute Gasteiger partial charge is 0.497 e. The van der Waals surface area contributed by atoms with Crippen molar-refractivity contribution in [3.63, 3.8) is 0 Å². The number of azo groups is 1. The van der Waals surface area contributed by atoms with Crippen molar-refractivity contribution in [3.05, 3.63) is 50.9 Å². The third-order valence-electron chi connectivity index (χ3n) is 3.79. The summed E-state index contributed by atoms with van der Waals surface area (Å²) in [5.41, 5.74) is 1.14. The van der Waals surface area contributed by atoms with E-state index in [2.05, 4.69) is 52.4 Å². The number of aromatic hydroxyl groups is 1. The van der Waals surface area contributed by atoms with Crippen molar-refractivity contribution in [3.8, 4) is 11.6 Å². The van der Waals surface area contributed by atoms with Crippen LogP contribution in [0.3, 0.4) is 0 Å². The first-order valence-corrected chi connectivity index (χ1v) is 9.54. The zero-order valence-corrected chi connectivity index (χ0v) is 17.7. The van der Waals surface area contributed by atoms with Gasteiger partial charge in [-0.3, -0.25) is 9.59 Å². The molecule has 1 aromatic heterocycles. The minimum Gasteiger partial charge on any atom is -0.497 e. The fraction of sp³-hybridized carbons (Fsp3) is 0.111. The first-order chi connectivity index (χ1) is 13.4. The van der Waals surface area contributed by atoms with Crippen molar-refractivity contribution in [1.82, 2.24) is 10.3 Å². The van der Waals surface area contributed by atoms with E-state index in [1.165, 1.54) is 7.11 Å². The number of H-pyrrole nitrogens is 1. The topological polar surface area (TPSA) is 116 Å². The first-order valence-electron chi connectivity index (χ1n) is 7.95. The average molecular weight is 510 g/mol. The van der Waals surface area contributed by atoms with Crippen LogP contribution in [-0.2, 0) is 4.79 Å². The molecule has 8 nitrogen and oxygen atoms in total. The molecule has 0 atom stereocenters. The standard InChI is InChI=1S/C18H14Br2N4O4/c1-28-11-4-2-9(3-5-11)17(26)21-8-14(25)23-24-16-12-6-10(19)7-13(20)15(12)22-18(16)27/h2-7,22,27H,8H2,1H3,(H,21,26). The Bertz CT molecular complexity index is 1080. The normalized spacial score (nSPS) is 11.1. The SMILES string of the molecule is COc1ccc(C(=O)NCC(=O)N=Nc2c(O)[nH]c3c(Br)cc(Br)cc23)cc1. The predicted molar refractivity (Wildman–Crippen MR) is 110 cm³/mol. The van der Waals surface area contributed by atoms with Crippen LogP contribution in [0.2, 0.25) is 0 Å². The summed E-state index contributed by atoms with van der Waals surface area (Å²) < 4.78 is 6.51. The van der Waals surface area contributed by atoms with E-state index in [1.807, 2.05) is 0 Å². The third-order valence-corrected chi connectivity index (χ3v) is 4.87. The summed E-state index contributed by atoms with van der Waals surface area (Å²) in [6.45, 7) is -0.329. The quantitative estimate of drug-likeness (QED) is 0.440. The van der Waals surface area contributed by atoms with Gasteiger partial charge in [-0.1, -0.05) is 15.9 Å².